The largest absolute Gasteiger partial charge is 0.469 e. The van der Waals surface area contributed by atoms with Gasteiger partial charge < -0.3 is 24.6 Å². The van der Waals surface area contributed by atoms with Crippen LogP contribution in [0.2, 0.25) is 0 Å². The molecule has 31 heavy (non-hydrogen) atoms. The highest BCUT2D eigenvalue weighted by atomic mass is 16.5. The number of ether oxygens (including phenoxy) is 2. The molecule has 0 unspecified atom stereocenters. The second-order valence-corrected chi connectivity index (χ2v) is 8.04. The maximum absolute atomic E-state index is 12.5. The van der Waals surface area contributed by atoms with Crippen LogP contribution in [-0.4, -0.2) is 94.2 Å². The molecule has 1 aromatic rings. The van der Waals surface area contributed by atoms with Gasteiger partial charge in [0.15, 0.2) is 0 Å². The van der Waals surface area contributed by atoms with Crippen molar-refractivity contribution in [2.24, 2.45) is 5.92 Å². The lowest BCUT2D eigenvalue weighted by Crippen LogP contribution is -2.45. The van der Waals surface area contributed by atoms with Crippen LogP contribution < -0.4 is 10.2 Å². The van der Waals surface area contributed by atoms with Gasteiger partial charge in [-0.3, -0.25) is 19.3 Å². The Morgan fingerprint density at radius 1 is 1.06 bits per heavy atom. The van der Waals surface area contributed by atoms with Crippen LogP contribution in [0.5, 0.6) is 0 Å². The van der Waals surface area contributed by atoms with Gasteiger partial charge in [0.05, 0.1) is 39.3 Å². The van der Waals surface area contributed by atoms with E-state index in [9.17, 15) is 14.4 Å². The summed E-state index contributed by atoms with van der Waals surface area (Å²) < 4.78 is 10.1. The Balaban J connectivity index is 1.40. The fourth-order valence-electron chi connectivity index (χ4n) is 3.94. The van der Waals surface area contributed by atoms with Gasteiger partial charge >= 0.3 is 5.97 Å². The van der Waals surface area contributed by atoms with Crippen molar-refractivity contribution >= 4 is 29.2 Å². The van der Waals surface area contributed by atoms with E-state index in [1.165, 1.54) is 7.11 Å². The normalized spacial score (nSPS) is 17.5. The van der Waals surface area contributed by atoms with Gasteiger partial charge in [0.1, 0.15) is 0 Å². The molecule has 0 saturated carbocycles. The zero-order valence-electron chi connectivity index (χ0n) is 18.3. The minimum Gasteiger partial charge on any atom is -0.469 e. The van der Waals surface area contributed by atoms with Gasteiger partial charge in [-0.25, -0.2) is 0 Å². The molecular weight excluding hydrogens is 400 g/mol. The average molecular weight is 433 g/mol. The zero-order chi connectivity index (χ0) is 22.2. The number of piperidine rings is 1. The number of amides is 2. The Morgan fingerprint density at radius 3 is 2.32 bits per heavy atom. The molecule has 0 atom stereocenters. The number of hydrogen-bond acceptors (Lipinski definition) is 7. The van der Waals surface area contributed by atoms with Crippen LogP contribution in [0.3, 0.4) is 0 Å². The van der Waals surface area contributed by atoms with Crippen molar-refractivity contribution in [3.8, 4) is 0 Å². The summed E-state index contributed by atoms with van der Waals surface area (Å²) >= 11 is 0. The Morgan fingerprint density at radius 2 is 1.71 bits per heavy atom. The zero-order valence-corrected chi connectivity index (χ0v) is 18.3. The lowest BCUT2D eigenvalue weighted by atomic mass is 9.97. The standard InChI is InChI=1S/C22H32N4O5/c1-24(16-21(28)26-9-7-17(8-10-26)22(29)30-2)15-20(27)23-18-3-5-19(6-4-18)25-11-13-31-14-12-25/h3-6,17H,7-16H2,1-2H3,(H,23,27). The van der Waals surface area contributed by atoms with Crippen molar-refractivity contribution < 1.29 is 23.9 Å². The number of methoxy groups -OCH3 is 1. The average Bonchev–Trinajstić information content (AvgIpc) is 2.79. The number of esters is 1. The highest BCUT2D eigenvalue weighted by molar-refractivity contribution is 5.92. The molecule has 2 aliphatic rings. The van der Waals surface area contributed by atoms with Gasteiger partial charge in [-0.1, -0.05) is 0 Å². The summed E-state index contributed by atoms with van der Waals surface area (Å²) in [5.74, 6) is -0.543. The third-order valence-electron chi connectivity index (χ3n) is 5.73. The van der Waals surface area contributed by atoms with Crippen LogP contribution in [0.25, 0.3) is 0 Å². The minimum atomic E-state index is -0.209. The molecule has 1 N–H and O–H groups in total. The van der Waals surface area contributed by atoms with Gasteiger partial charge in [0, 0.05) is 37.6 Å². The predicted octanol–water partition coefficient (Wildman–Crippen LogP) is 0.805. The van der Waals surface area contributed by atoms with Crippen LogP contribution in [-0.2, 0) is 23.9 Å². The van der Waals surface area contributed by atoms with E-state index in [4.69, 9.17) is 9.47 Å². The summed E-state index contributed by atoms with van der Waals surface area (Å²) in [7, 11) is 3.14. The number of benzene rings is 1. The molecule has 9 heteroatoms. The van der Waals surface area contributed by atoms with Crippen LogP contribution in [0.1, 0.15) is 12.8 Å². The van der Waals surface area contributed by atoms with E-state index in [0.717, 1.165) is 37.7 Å². The molecule has 9 nitrogen and oxygen atoms in total. The van der Waals surface area contributed by atoms with Crippen LogP contribution in [0.4, 0.5) is 11.4 Å². The van der Waals surface area contributed by atoms with E-state index < -0.39 is 0 Å². The molecule has 2 heterocycles. The number of hydrogen-bond donors (Lipinski definition) is 1. The fourth-order valence-corrected chi connectivity index (χ4v) is 3.94. The molecule has 1 aromatic carbocycles. The summed E-state index contributed by atoms with van der Waals surface area (Å²) in [6.07, 6.45) is 1.23. The summed E-state index contributed by atoms with van der Waals surface area (Å²) in [6, 6.07) is 7.76. The molecule has 0 bridgehead atoms. The molecule has 2 saturated heterocycles. The molecule has 3 rings (SSSR count). The Hall–Kier alpha value is -2.65. The first-order chi connectivity index (χ1) is 15.0. The summed E-state index contributed by atoms with van der Waals surface area (Å²) in [6.45, 7) is 4.54. The van der Waals surface area contributed by atoms with Gasteiger partial charge in [0.25, 0.3) is 0 Å². The third-order valence-corrected chi connectivity index (χ3v) is 5.73. The first-order valence-corrected chi connectivity index (χ1v) is 10.7. The van der Waals surface area contributed by atoms with Crippen LogP contribution >= 0.6 is 0 Å². The van der Waals surface area contributed by atoms with Crippen molar-refractivity contribution in [3.63, 3.8) is 0 Å². The number of nitrogens with one attached hydrogen (secondary N) is 1. The van der Waals surface area contributed by atoms with Crippen LogP contribution in [0.15, 0.2) is 24.3 Å². The first kappa shape index (κ1) is 23.0. The Labute approximate surface area is 183 Å². The number of nitrogens with zero attached hydrogens (tertiary/aromatic N) is 3. The van der Waals surface area contributed by atoms with E-state index >= 15 is 0 Å². The number of carbonyl (C=O) groups is 3. The van der Waals surface area contributed by atoms with E-state index in [2.05, 4.69) is 10.2 Å². The van der Waals surface area contributed by atoms with Crippen molar-refractivity contribution in [1.29, 1.82) is 0 Å². The summed E-state index contributed by atoms with van der Waals surface area (Å²) in [4.78, 5) is 42.2. The van der Waals surface area contributed by atoms with Crippen molar-refractivity contribution in [2.45, 2.75) is 12.8 Å². The molecule has 0 spiro atoms. The molecule has 2 fully saturated rings. The summed E-state index contributed by atoms with van der Waals surface area (Å²) in [5.41, 5.74) is 1.84. The number of morpholine rings is 1. The second kappa shape index (κ2) is 11.1. The van der Waals surface area contributed by atoms with Crippen molar-refractivity contribution in [3.05, 3.63) is 24.3 Å². The van der Waals surface area contributed by atoms with Gasteiger partial charge in [-0.15, -0.1) is 0 Å². The lowest BCUT2D eigenvalue weighted by Gasteiger charge is -2.31. The first-order valence-electron chi connectivity index (χ1n) is 10.7. The number of likely N-dealkylation sites (N-methyl/N-ethyl adjacent to an activating group) is 1. The van der Waals surface area contributed by atoms with E-state index in [-0.39, 0.29) is 36.8 Å². The van der Waals surface area contributed by atoms with E-state index in [0.29, 0.717) is 25.9 Å². The maximum atomic E-state index is 12.5. The predicted molar refractivity (Wildman–Crippen MR) is 117 cm³/mol. The highest BCUT2D eigenvalue weighted by Gasteiger charge is 2.28. The van der Waals surface area contributed by atoms with Gasteiger partial charge in [0.2, 0.25) is 11.8 Å². The fraction of sp³-hybridized carbons (Fsp3) is 0.591. The Kier molecular flexibility index (Phi) is 8.25. The molecule has 2 amide bonds. The van der Waals surface area contributed by atoms with Gasteiger partial charge in [-0.05, 0) is 44.2 Å². The molecule has 0 aromatic heterocycles. The molecule has 170 valence electrons. The minimum absolute atomic E-state index is 0.0338. The number of likely N-dealkylation sites (tertiary alicyclic amines) is 1. The lowest BCUT2D eigenvalue weighted by molar-refractivity contribution is -0.149. The maximum Gasteiger partial charge on any atom is 0.308 e. The molecule has 0 aliphatic carbocycles. The Bertz CT molecular complexity index is 756. The number of anilines is 2. The molecule has 2 aliphatic heterocycles. The molecular formula is C22H32N4O5. The highest BCUT2D eigenvalue weighted by Crippen LogP contribution is 2.20. The molecule has 0 radical (unpaired) electrons. The van der Waals surface area contributed by atoms with E-state index in [1.807, 2.05) is 24.3 Å². The van der Waals surface area contributed by atoms with Crippen molar-refractivity contribution in [2.75, 3.05) is 76.9 Å². The number of carbonyl (C=O) groups excluding carboxylic acids is 3. The smallest absolute Gasteiger partial charge is 0.308 e. The van der Waals surface area contributed by atoms with E-state index in [1.54, 1.807) is 16.8 Å². The SMILES string of the molecule is COC(=O)C1CCN(C(=O)CN(C)CC(=O)Nc2ccc(N3CCOCC3)cc2)CC1. The number of rotatable bonds is 7. The van der Waals surface area contributed by atoms with Crippen LogP contribution in [0, 0.1) is 5.92 Å². The second-order valence-electron chi connectivity index (χ2n) is 8.04. The van der Waals surface area contributed by atoms with Gasteiger partial charge in [-0.2, -0.15) is 0 Å². The quantitative estimate of drug-likeness (QED) is 0.638. The topological polar surface area (TPSA) is 91.4 Å². The third kappa shape index (κ3) is 6.67. The van der Waals surface area contributed by atoms with Crippen molar-refractivity contribution in [1.82, 2.24) is 9.80 Å². The monoisotopic (exact) mass is 432 g/mol. The summed E-state index contributed by atoms with van der Waals surface area (Å²) in [5, 5.41) is 2.88.